The molecule has 0 aromatic heterocycles. The molecule has 2 rings (SSSR count). The molecule has 1 aromatic rings. The highest BCUT2D eigenvalue weighted by atomic mass is 16.2. The van der Waals surface area contributed by atoms with Gasteiger partial charge in [-0.2, -0.15) is 0 Å². The highest BCUT2D eigenvalue weighted by Crippen LogP contribution is 2.15. The molecule has 130 valence electrons. The summed E-state index contributed by atoms with van der Waals surface area (Å²) < 4.78 is 0. The molecule has 1 saturated heterocycles. The number of carbonyl (C=O) groups is 3. The van der Waals surface area contributed by atoms with Crippen molar-refractivity contribution in [1.29, 1.82) is 0 Å². The molecule has 7 nitrogen and oxygen atoms in total. The van der Waals surface area contributed by atoms with Crippen LogP contribution < -0.4 is 10.6 Å². The number of nitrogens with one attached hydrogen (secondary N) is 2. The van der Waals surface area contributed by atoms with Crippen LogP contribution in [0.15, 0.2) is 24.3 Å². The predicted molar refractivity (Wildman–Crippen MR) is 91.4 cm³/mol. The monoisotopic (exact) mass is 332 g/mol. The van der Waals surface area contributed by atoms with E-state index in [-0.39, 0.29) is 37.4 Å². The number of hydrogen-bond donors (Lipinski definition) is 2. The molecule has 1 aromatic carbocycles. The summed E-state index contributed by atoms with van der Waals surface area (Å²) in [6, 6.07) is 7.35. The molecule has 4 amide bonds. The van der Waals surface area contributed by atoms with Crippen molar-refractivity contribution >= 4 is 23.5 Å². The molecule has 0 atom stereocenters. The maximum Gasteiger partial charge on any atom is 0.326 e. The zero-order valence-electron chi connectivity index (χ0n) is 14.2. The van der Waals surface area contributed by atoms with E-state index in [4.69, 9.17) is 0 Å². The lowest BCUT2D eigenvalue weighted by Crippen LogP contribution is -2.33. The fourth-order valence-electron chi connectivity index (χ4n) is 2.56. The summed E-state index contributed by atoms with van der Waals surface area (Å²) in [7, 11) is 1.59. The van der Waals surface area contributed by atoms with Gasteiger partial charge in [0.25, 0.3) is 0 Å². The topological polar surface area (TPSA) is 81.8 Å². The molecule has 0 radical (unpaired) electrons. The van der Waals surface area contributed by atoms with E-state index >= 15 is 0 Å². The molecule has 7 heteroatoms. The largest absolute Gasteiger partial charge is 0.326 e. The summed E-state index contributed by atoms with van der Waals surface area (Å²) in [6.07, 6.45) is 0.711. The van der Waals surface area contributed by atoms with Crippen LogP contribution in [0.1, 0.15) is 25.3 Å². The zero-order valence-corrected chi connectivity index (χ0v) is 14.2. The molecule has 1 aliphatic heterocycles. The van der Waals surface area contributed by atoms with E-state index in [1.807, 2.05) is 31.2 Å². The van der Waals surface area contributed by atoms with Crippen LogP contribution in [0, 0.1) is 0 Å². The number of rotatable bonds is 8. The van der Waals surface area contributed by atoms with Crippen LogP contribution in [-0.2, 0) is 16.1 Å². The molecular formula is C17H24N4O3. The number of urea groups is 1. The lowest BCUT2D eigenvalue weighted by Gasteiger charge is -2.14. The van der Waals surface area contributed by atoms with Crippen molar-refractivity contribution < 1.29 is 14.4 Å². The second-order valence-electron chi connectivity index (χ2n) is 5.77. The van der Waals surface area contributed by atoms with Gasteiger partial charge in [0.15, 0.2) is 0 Å². The highest BCUT2D eigenvalue weighted by molar-refractivity contribution is 6.01. The van der Waals surface area contributed by atoms with Gasteiger partial charge in [0.1, 0.15) is 6.54 Å². The van der Waals surface area contributed by atoms with Crippen molar-refractivity contribution in [1.82, 2.24) is 15.1 Å². The Bertz CT molecular complexity index is 618. The Balaban J connectivity index is 1.82. The molecule has 24 heavy (non-hydrogen) atoms. The summed E-state index contributed by atoms with van der Waals surface area (Å²) in [4.78, 5) is 38.1. The van der Waals surface area contributed by atoms with Gasteiger partial charge >= 0.3 is 6.03 Å². The van der Waals surface area contributed by atoms with E-state index in [2.05, 4.69) is 10.6 Å². The lowest BCUT2D eigenvalue weighted by atomic mass is 10.1. The number of carbonyl (C=O) groups excluding carboxylic acids is 3. The molecule has 2 N–H and O–H groups in total. The third kappa shape index (κ3) is 4.55. The molecule has 1 heterocycles. The highest BCUT2D eigenvalue weighted by Gasteiger charge is 2.32. The number of nitrogens with zero attached hydrogens (tertiary/aromatic N) is 2. The summed E-state index contributed by atoms with van der Waals surface area (Å²) in [5.74, 6) is -0.328. The second kappa shape index (κ2) is 8.44. The van der Waals surface area contributed by atoms with Crippen molar-refractivity contribution in [2.45, 2.75) is 26.3 Å². The average Bonchev–Trinajstić information content (AvgIpc) is 2.80. The van der Waals surface area contributed by atoms with Crippen molar-refractivity contribution in [2.75, 3.05) is 32.0 Å². The first kappa shape index (κ1) is 17.9. The number of likely N-dealkylation sites (N-methyl/N-ethyl adjacent to an activating group) is 1. The minimum atomic E-state index is -0.295. The van der Waals surface area contributed by atoms with E-state index in [0.717, 1.165) is 17.8 Å². The van der Waals surface area contributed by atoms with Gasteiger partial charge in [-0.25, -0.2) is 4.79 Å². The maximum absolute atomic E-state index is 12.1. The first-order valence-corrected chi connectivity index (χ1v) is 8.17. The smallest absolute Gasteiger partial charge is 0.326 e. The van der Waals surface area contributed by atoms with Crippen molar-refractivity contribution in [3.8, 4) is 0 Å². The minimum absolute atomic E-state index is 0.114. The van der Waals surface area contributed by atoms with Crippen LogP contribution in [0.2, 0.25) is 0 Å². The molecule has 0 unspecified atom stereocenters. The number of benzene rings is 1. The van der Waals surface area contributed by atoms with Gasteiger partial charge in [-0.05, 0) is 24.6 Å². The first-order chi connectivity index (χ1) is 11.5. The van der Waals surface area contributed by atoms with Gasteiger partial charge < -0.3 is 15.5 Å². The summed E-state index contributed by atoms with van der Waals surface area (Å²) in [5.41, 5.74) is 1.82. The van der Waals surface area contributed by atoms with Crippen LogP contribution in [0.3, 0.4) is 0 Å². The van der Waals surface area contributed by atoms with Gasteiger partial charge in [-0.1, -0.05) is 25.1 Å². The number of para-hydroxylation sites is 1. The average molecular weight is 332 g/mol. The number of amides is 4. The number of anilines is 1. The van der Waals surface area contributed by atoms with Crippen LogP contribution in [0.4, 0.5) is 10.5 Å². The first-order valence-electron chi connectivity index (χ1n) is 8.17. The molecule has 0 aliphatic carbocycles. The zero-order chi connectivity index (χ0) is 17.5. The number of hydrogen-bond acceptors (Lipinski definition) is 4. The van der Waals surface area contributed by atoms with Crippen molar-refractivity contribution in [3.05, 3.63) is 29.8 Å². The Morgan fingerprint density at radius 1 is 1.25 bits per heavy atom. The standard InChI is InChI=1S/C17H24N4O3/c1-3-18-11-13-7-4-5-8-14(13)19-15(22)9-6-10-21-16(23)12-20(2)17(21)24/h4-5,7-8,18H,3,6,9-12H2,1-2H3,(H,19,22). The predicted octanol–water partition coefficient (Wildman–Crippen LogP) is 1.41. The fraction of sp³-hybridized carbons (Fsp3) is 0.471. The van der Waals surface area contributed by atoms with Gasteiger partial charge in [0.05, 0.1) is 0 Å². The summed E-state index contributed by atoms with van der Waals surface area (Å²) in [6.45, 7) is 3.96. The Kier molecular flexibility index (Phi) is 6.31. The van der Waals surface area contributed by atoms with Crippen molar-refractivity contribution in [2.24, 2.45) is 0 Å². The van der Waals surface area contributed by atoms with Crippen molar-refractivity contribution in [3.63, 3.8) is 0 Å². The molecule has 1 fully saturated rings. The Hall–Kier alpha value is -2.41. The quantitative estimate of drug-likeness (QED) is 0.705. The summed E-state index contributed by atoms with van der Waals surface area (Å²) >= 11 is 0. The molecule has 0 bridgehead atoms. The third-order valence-electron chi connectivity index (χ3n) is 3.87. The van der Waals surface area contributed by atoms with Gasteiger partial charge in [-0.3, -0.25) is 14.5 Å². The van der Waals surface area contributed by atoms with E-state index in [1.54, 1.807) is 7.05 Å². The van der Waals surface area contributed by atoms with E-state index in [0.29, 0.717) is 13.0 Å². The fourth-order valence-corrected chi connectivity index (χ4v) is 2.56. The van der Waals surface area contributed by atoms with Crippen LogP contribution in [0.5, 0.6) is 0 Å². The van der Waals surface area contributed by atoms with Gasteiger partial charge in [-0.15, -0.1) is 0 Å². The lowest BCUT2D eigenvalue weighted by molar-refractivity contribution is -0.125. The van der Waals surface area contributed by atoms with Gasteiger partial charge in [0.2, 0.25) is 11.8 Å². The SMILES string of the molecule is CCNCc1ccccc1NC(=O)CCCN1C(=O)CN(C)C1=O. The molecular weight excluding hydrogens is 308 g/mol. The maximum atomic E-state index is 12.1. The summed E-state index contributed by atoms with van der Waals surface area (Å²) in [5, 5.41) is 6.13. The Labute approximate surface area is 142 Å². The van der Waals surface area contributed by atoms with E-state index < -0.39 is 0 Å². The molecule has 0 spiro atoms. The van der Waals surface area contributed by atoms with E-state index in [9.17, 15) is 14.4 Å². The normalized spacial score (nSPS) is 14.4. The van der Waals surface area contributed by atoms with Crippen LogP contribution >= 0.6 is 0 Å². The Morgan fingerprint density at radius 2 is 2.00 bits per heavy atom. The molecule has 1 aliphatic rings. The second-order valence-corrected chi connectivity index (χ2v) is 5.77. The molecule has 0 saturated carbocycles. The Morgan fingerprint density at radius 3 is 2.67 bits per heavy atom. The third-order valence-corrected chi connectivity index (χ3v) is 3.87. The van der Waals surface area contributed by atoms with Gasteiger partial charge in [0, 0.05) is 32.2 Å². The number of imide groups is 1. The van der Waals surface area contributed by atoms with E-state index in [1.165, 1.54) is 9.80 Å². The van der Waals surface area contributed by atoms with Crippen LogP contribution in [-0.4, -0.2) is 54.3 Å². The van der Waals surface area contributed by atoms with Crippen LogP contribution in [0.25, 0.3) is 0 Å². The minimum Gasteiger partial charge on any atom is -0.326 e.